The van der Waals surface area contributed by atoms with Crippen molar-refractivity contribution in [1.82, 2.24) is 10.2 Å². The Morgan fingerprint density at radius 2 is 1.81 bits per heavy atom. The largest absolute Gasteiger partial charge is 0.376 e. The summed E-state index contributed by atoms with van der Waals surface area (Å²) in [6, 6.07) is 1.88. The summed E-state index contributed by atoms with van der Waals surface area (Å²) in [7, 11) is 0. The minimum absolute atomic E-state index is 0.0200. The van der Waals surface area contributed by atoms with E-state index in [1.807, 2.05) is 13.8 Å². The molecule has 1 N–H and O–H groups in total. The van der Waals surface area contributed by atoms with Crippen molar-refractivity contribution in [2.45, 2.75) is 45.3 Å². The molecular weight excluding hydrogens is 391 g/mol. The van der Waals surface area contributed by atoms with Gasteiger partial charge in [0.05, 0.1) is 27.3 Å². The SMILES string of the molecule is CC(C)C[C@H](C(=O)NC[C@H]1CCCO1)N1C(=O)c2cc(Cl)c(Cl)cc2C1=O. The highest BCUT2D eigenvalue weighted by Gasteiger charge is 2.43. The van der Waals surface area contributed by atoms with Crippen molar-refractivity contribution >= 4 is 40.9 Å². The van der Waals surface area contributed by atoms with E-state index < -0.39 is 17.9 Å². The van der Waals surface area contributed by atoms with Gasteiger partial charge in [0.1, 0.15) is 6.04 Å². The smallest absolute Gasteiger partial charge is 0.262 e. The van der Waals surface area contributed by atoms with Crippen LogP contribution in [0.3, 0.4) is 0 Å². The number of carbonyl (C=O) groups is 3. The molecule has 0 spiro atoms. The number of hydrogen-bond donors (Lipinski definition) is 1. The highest BCUT2D eigenvalue weighted by molar-refractivity contribution is 6.43. The summed E-state index contributed by atoms with van der Waals surface area (Å²) < 4.78 is 5.52. The monoisotopic (exact) mass is 412 g/mol. The summed E-state index contributed by atoms with van der Waals surface area (Å²) in [5.41, 5.74) is 0.352. The lowest BCUT2D eigenvalue weighted by molar-refractivity contribution is -0.126. The van der Waals surface area contributed by atoms with Crippen LogP contribution in [-0.4, -0.2) is 47.9 Å². The molecule has 0 aromatic heterocycles. The van der Waals surface area contributed by atoms with Gasteiger partial charge in [0.15, 0.2) is 0 Å². The summed E-state index contributed by atoms with van der Waals surface area (Å²) >= 11 is 12.0. The van der Waals surface area contributed by atoms with Crippen molar-refractivity contribution in [1.29, 1.82) is 0 Å². The van der Waals surface area contributed by atoms with E-state index in [9.17, 15) is 14.4 Å². The summed E-state index contributed by atoms with van der Waals surface area (Å²) in [4.78, 5) is 39.6. The lowest BCUT2D eigenvalue weighted by Crippen LogP contribution is -2.51. The second kappa shape index (κ2) is 8.17. The maximum absolute atomic E-state index is 12.9. The molecule has 27 heavy (non-hydrogen) atoms. The van der Waals surface area contributed by atoms with Crippen LogP contribution in [0.25, 0.3) is 0 Å². The third kappa shape index (κ3) is 4.13. The van der Waals surface area contributed by atoms with Gasteiger partial charge < -0.3 is 10.1 Å². The Morgan fingerprint density at radius 1 is 1.22 bits per heavy atom. The minimum atomic E-state index is -0.892. The van der Waals surface area contributed by atoms with Gasteiger partial charge in [0.2, 0.25) is 5.91 Å². The molecule has 2 heterocycles. The predicted molar refractivity (Wildman–Crippen MR) is 102 cm³/mol. The van der Waals surface area contributed by atoms with E-state index in [1.54, 1.807) is 0 Å². The number of carbonyl (C=O) groups excluding carboxylic acids is 3. The van der Waals surface area contributed by atoms with Gasteiger partial charge in [0, 0.05) is 13.2 Å². The number of amides is 3. The molecule has 1 fully saturated rings. The van der Waals surface area contributed by atoms with Gasteiger partial charge in [0.25, 0.3) is 11.8 Å². The summed E-state index contributed by atoms with van der Waals surface area (Å²) in [5.74, 6) is -1.29. The lowest BCUT2D eigenvalue weighted by atomic mass is 10.0. The molecule has 3 rings (SSSR count). The summed E-state index contributed by atoms with van der Waals surface area (Å²) in [5, 5.41) is 3.23. The first kappa shape index (κ1) is 20.1. The van der Waals surface area contributed by atoms with Crippen LogP contribution >= 0.6 is 23.2 Å². The summed E-state index contributed by atoms with van der Waals surface area (Å²) in [6.45, 7) is 4.93. The minimum Gasteiger partial charge on any atom is -0.376 e. The van der Waals surface area contributed by atoms with Crippen molar-refractivity contribution in [3.05, 3.63) is 33.3 Å². The van der Waals surface area contributed by atoms with E-state index in [2.05, 4.69) is 5.32 Å². The normalized spacial score (nSPS) is 20.3. The Morgan fingerprint density at radius 3 is 2.30 bits per heavy atom. The highest BCUT2D eigenvalue weighted by atomic mass is 35.5. The van der Waals surface area contributed by atoms with Gasteiger partial charge in [-0.2, -0.15) is 0 Å². The number of rotatable bonds is 6. The summed E-state index contributed by atoms with van der Waals surface area (Å²) in [6.07, 6.45) is 2.20. The zero-order valence-electron chi connectivity index (χ0n) is 15.3. The molecule has 1 aromatic carbocycles. The fourth-order valence-corrected chi connectivity index (χ4v) is 3.78. The van der Waals surface area contributed by atoms with Gasteiger partial charge in [-0.25, -0.2) is 0 Å². The fourth-order valence-electron chi connectivity index (χ4n) is 3.45. The number of nitrogens with one attached hydrogen (secondary N) is 1. The molecule has 0 saturated carbocycles. The Hall–Kier alpha value is -1.63. The van der Waals surface area contributed by atoms with Gasteiger partial charge in [-0.1, -0.05) is 37.0 Å². The number of benzene rings is 1. The fraction of sp³-hybridized carbons (Fsp3) is 0.526. The number of hydrogen-bond acceptors (Lipinski definition) is 4. The Labute approximate surface area is 168 Å². The Bertz CT molecular complexity index is 734. The molecule has 0 unspecified atom stereocenters. The average Bonchev–Trinajstić information content (AvgIpc) is 3.20. The molecule has 3 amide bonds. The number of ether oxygens (including phenoxy) is 1. The van der Waals surface area contributed by atoms with E-state index in [0.29, 0.717) is 19.6 Å². The molecule has 0 radical (unpaired) electrons. The first-order valence-corrected chi connectivity index (χ1v) is 9.81. The third-order valence-corrected chi connectivity index (χ3v) is 5.52. The first-order valence-electron chi connectivity index (χ1n) is 9.05. The van der Waals surface area contributed by atoms with Gasteiger partial charge in [-0.15, -0.1) is 0 Å². The molecule has 146 valence electrons. The van der Waals surface area contributed by atoms with Crippen LogP contribution in [0.4, 0.5) is 0 Å². The number of imide groups is 1. The molecule has 0 bridgehead atoms. The molecule has 8 heteroatoms. The molecule has 1 aromatic rings. The second-order valence-electron chi connectivity index (χ2n) is 7.32. The molecule has 0 aliphatic carbocycles. The number of halogens is 2. The van der Waals surface area contributed by atoms with Crippen LogP contribution in [0.15, 0.2) is 12.1 Å². The van der Waals surface area contributed by atoms with Gasteiger partial charge in [-0.3, -0.25) is 19.3 Å². The van der Waals surface area contributed by atoms with E-state index in [0.717, 1.165) is 17.7 Å². The molecule has 2 aliphatic heterocycles. The topological polar surface area (TPSA) is 75.7 Å². The quantitative estimate of drug-likeness (QED) is 0.727. The van der Waals surface area contributed by atoms with E-state index >= 15 is 0 Å². The Balaban J connectivity index is 1.83. The Kier molecular flexibility index (Phi) is 6.08. The average molecular weight is 413 g/mol. The maximum atomic E-state index is 12.9. The number of fused-ring (bicyclic) bond motifs is 1. The van der Waals surface area contributed by atoms with Crippen molar-refractivity contribution in [3.8, 4) is 0 Å². The standard InChI is InChI=1S/C19H22Cl2N2O4/c1-10(2)6-16(17(24)22-9-11-4-3-5-27-11)23-18(25)12-7-14(20)15(21)8-13(12)19(23)26/h7-8,10-11,16H,3-6,9H2,1-2H3,(H,22,24)/t11-,16-/m1/s1. The third-order valence-electron chi connectivity index (χ3n) is 4.80. The van der Waals surface area contributed by atoms with Crippen molar-refractivity contribution in [2.24, 2.45) is 5.92 Å². The first-order chi connectivity index (χ1) is 12.8. The van der Waals surface area contributed by atoms with Gasteiger partial charge in [-0.05, 0) is 37.3 Å². The van der Waals surface area contributed by atoms with Crippen LogP contribution in [-0.2, 0) is 9.53 Å². The van der Waals surface area contributed by atoms with Crippen molar-refractivity contribution < 1.29 is 19.1 Å². The molecule has 2 atom stereocenters. The van der Waals surface area contributed by atoms with E-state index in [1.165, 1.54) is 12.1 Å². The van der Waals surface area contributed by atoms with E-state index in [-0.39, 0.29) is 39.1 Å². The zero-order valence-corrected chi connectivity index (χ0v) is 16.8. The molecular formula is C19H22Cl2N2O4. The van der Waals surface area contributed by atoms with Gasteiger partial charge >= 0.3 is 0 Å². The van der Waals surface area contributed by atoms with E-state index in [4.69, 9.17) is 27.9 Å². The van der Waals surface area contributed by atoms with Crippen molar-refractivity contribution in [3.63, 3.8) is 0 Å². The predicted octanol–water partition coefficient (Wildman–Crippen LogP) is 3.30. The van der Waals surface area contributed by atoms with Crippen LogP contribution in [0, 0.1) is 5.92 Å². The van der Waals surface area contributed by atoms with Crippen LogP contribution in [0.1, 0.15) is 53.8 Å². The lowest BCUT2D eigenvalue weighted by Gasteiger charge is -2.27. The molecule has 1 saturated heterocycles. The second-order valence-corrected chi connectivity index (χ2v) is 8.13. The van der Waals surface area contributed by atoms with Crippen LogP contribution in [0.5, 0.6) is 0 Å². The maximum Gasteiger partial charge on any atom is 0.262 e. The van der Waals surface area contributed by atoms with Crippen molar-refractivity contribution in [2.75, 3.05) is 13.2 Å². The number of nitrogens with zero attached hydrogens (tertiary/aromatic N) is 1. The van der Waals surface area contributed by atoms with Crippen LogP contribution in [0.2, 0.25) is 10.0 Å². The van der Waals surface area contributed by atoms with Crippen LogP contribution < -0.4 is 5.32 Å². The highest BCUT2D eigenvalue weighted by Crippen LogP contribution is 2.33. The molecule has 2 aliphatic rings. The zero-order chi connectivity index (χ0) is 19.7. The molecule has 6 nitrogen and oxygen atoms in total.